The summed E-state index contributed by atoms with van der Waals surface area (Å²) in [5, 5.41) is 0. The average molecular weight is 720 g/mol. The van der Waals surface area contributed by atoms with Gasteiger partial charge in [-0.25, -0.2) is 4.57 Å². The predicted molar refractivity (Wildman–Crippen MR) is 201 cm³/mol. The van der Waals surface area contributed by atoms with E-state index in [2.05, 4.69) is 13.8 Å². The Morgan fingerprint density at radius 3 is 1.33 bits per heavy atom. The van der Waals surface area contributed by atoms with Crippen LogP contribution in [0.3, 0.4) is 0 Å². The van der Waals surface area contributed by atoms with Crippen molar-refractivity contribution in [3.63, 3.8) is 0 Å². The van der Waals surface area contributed by atoms with Crippen LogP contribution in [0.15, 0.2) is 0 Å². The quantitative estimate of drug-likeness (QED) is 0.0361. The van der Waals surface area contributed by atoms with E-state index in [1.54, 1.807) is 0 Å². The van der Waals surface area contributed by atoms with E-state index in [-0.39, 0.29) is 25.6 Å². The Balaban J connectivity index is 4.28. The van der Waals surface area contributed by atoms with Gasteiger partial charge < -0.3 is 20.1 Å². The zero-order valence-electron chi connectivity index (χ0n) is 31.9. The number of ether oxygens (including phenoxy) is 2. The van der Waals surface area contributed by atoms with Gasteiger partial charge in [0.05, 0.1) is 13.2 Å². The van der Waals surface area contributed by atoms with E-state index in [0.29, 0.717) is 32.2 Å². The van der Waals surface area contributed by atoms with Gasteiger partial charge in [-0.3, -0.25) is 18.6 Å². The Kier molecular flexibility index (Phi) is 36.0. The summed E-state index contributed by atoms with van der Waals surface area (Å²) in [7, 11) is -4.35. The van der Waals surface area contributed by atoms with Crippen LogP contribution in [0, 0.1) is 0 Å². The molecular weight excluding hydrogens is 641 g/mol. The van der Waals surface area contributed by atoms with Crippen molar-refractivity contribution in [3.05, 3.63) is 0 Å². The third-order valence-electron chi connectivity index (χ3n) is 8.97. The van der Waals surface area contributed by atoms with Crippen molar-refractivity contribution in [1.29, 1.82) is 0 Å². The molecule has 0 saturated heterocycles. The number of phosphoric acid groups is 1. The molecule has 0 aromatic rings. The highest BCUT2D eigenvalue weighted by Gasteiger charge is 2.26. The summed E-state index contributed by atoms with van der Waals surface area (Å²) in [4.78, 5) is 35.0. The van der Waals surface area contributed by atoms with Crippen LogP contribution in [0.1, 0.15) is 206 Å². The average Bonchev–Trinajstić information content (AvgIpc) is 3.08. The molecule has 0 aromatic carbocycles. The summed E-state index contributed by atoms with van der Waals surface area (Å²) >= 11 is 0. The molecule has 0 aliphatic rings. The molecule has 0 amide bonds. The minimum Gasteiger partial charge on any atom is -0.462 e. The first-order valence-electron chi connectivity index (χ1n) is 20.5. The van der Waals surface area contributed by atoms with Crippen LogP contribution in [0.25, 0.3) is 0 Å². The molecule has 0 aromatic heterocycles. The van der Waals surface area contributed by atoms with Crippen LogP contribution in [0.5, 0.6) is 0 Å². The summed E-state index contributed by atoms with van der Waals surface area (Å²) in [5.74, 6) is -0.799. The zero-order valence-corrected chi connectivity index (χ0v) is 32.8. The summed E-state index contributed by atoms with van der Waals surface area (Å²) in [6.45, 7) is 4.36. The Morgan fingerprint density at radius 1 is 0.531 bits per heavy atom. The third-order valence-corrected chi connectivity index (χ3v) is 9.96. The first-order valence-corrected chi connectivity index (χ1v) is 22.0. The minimum absolute atomic E-state index is 0.0303. The number of nitrogens with two attached hydrogens (primary N) is 1. The van der Waals surface area contributed by atoms with E-state index in [4.69, 9.17) is 24.3 Å². The van der Waals surface area contributed by atoms with Crippen LogP contribution in [-0.4, -0.2) is 49.3 Å². The number of hydrogen-bond donors (Lipinski definition) is 2. The van der Waals surface area contributed by atoms with Crippen molar-refractivity contribution in [2.75, 3.05) is 26.4 Å². The van der Waals surface area contributed by atoms with Crippen molar-refractivity contribution >= 4 is 19.8 Å². The molecule has 0 rings (SSSR count). The molecule has 9 nitrogen and oxygen atoms in total. The Bertz CT molecular complexity index is 784. The van der Waals surface area contributed by atoms with E-state index >= 15 is 0 Å². The molecule has 49 heavy (non-hydrogen) atoms. The normalized spacial score (nSPS) is 13.3. The number of esters is 2. The molecule has 0 fully saturated rings. The first-order chi connectivity index (χ1) is 23.8. The van der Waals surface area contributed by atoms with Crippen LogP contribution in [-0.2, 0) is 32.7 Å². The summed E-state index contributed by atoms with van der Waals surface area (Å²) in [6.07, 6.45) is 32.5. The van der Waals surface area contributed by atoms with E-state index in [9.17, 15) is 19.0 Å². The standard InChI is InChI=1S/C39H78NO8P/c1-3-5-7-9-11-13-15-17-19-21-23-25-27-31-38(41)45-35-37(36-47-49(43,44)46-34-30-29-33-40)48-39(42)32-28-26-24-22-20-18-16-14-12-10-8-6-4-2/h37H,3-36,40H2,1-2H3,(H,43,44)/t37-/m0/s1. The second-order valence-corrected chi connectivity index (χ2v) is 15.3. The molecule has 0 spiro atoms. The lowest BCUT2D eigenvalue weighted by molar-refractivity contribution is -0.161. The molecule has 1 unspecified atom stereocenters. The molecule has 0 aliphatic carbocycles. The van der Waals surface area contributed by atoms with Crippen molar-refractivity contribution < 1.29 is 37.6 Å². The Labute approximate surface area is 301 Å². The fourth-order valence-electron chi connectivity index (χ4n) is 5.83. The third kappa shape index (κ3) is 36.6. The molecule has 0 bridgehead atoms. The van der Waals surface area contributed by atoms with Gasteiger partial charge in [0, 0.05) is 12.8 Å². The summed E-state index contributed by atoms with van der Waals surface area (Å²) in [6, 6.07) is 0. The largest absolute Gasteiger partial charge is 0.472 e. The zero-order chi connectivity index (χ0) is 36.1. The van der Waals surface area contributed by atoms with Crippen LogP contribution < -0.4 is 5.73 Å². The molecular formula is C39H78NO8P. The van der Waals surface area contributed by atoms with E-state index in [1.807, 2.05) is 0 Å². The fourth-order valence-corrected chi connectivity index (χ4v) is 6.62. The second kappa shape index (κ2) is 36.8. The minimum atomic E-state index is -4.35. The van der Waals surface area contributed by atoms with Crippen LogP contribution in [0.2, 0.25) is 0 Å². The highest BCUT2D eigenvalue weighted by atomic mass is 31.2. The molecule has 2 atom stereocenters. The number of unbranched alkanes of at least 4 members (excludes halogenated alkanes) is 25. The van der Waals surface area contributed by atoms with Gasteiger partial charge in [0.2, 0.25) is 0 Å². The van der Waals surface area contributed by atoms with Gasteiger partial charge in [0.1, 0.15) is 6.61 Å². The summed E-state index contributed by atoms with van der Waals surface area (Å²) < 4.78 is 33.3. The van der Waals surface area contributed by atoms with Gasteiger partial charge in [-0.1, -0.05) is 168 Å². The van der Waals surface area contributed by atoms with E-state index in [1.165, 1.54) is 128 Å². The molecule has 0 aliphatic heterocycles. The summed E-state index contributed by atoms with van der Waals surface area (Å²) in [5.41, 5.74) is 5.46. The Hall–Kier alpha value is -0.990. The number of carbonyl (C=O) groups is 2. The van der Waals surface area contributed by atoms with Gasteiger partial charge >= 0.3 is 19.8 Å². The van der Waals surface area contributed by atoms with Gasteiger partial charge in [-0.2, -0.15) is 0 Å². The number of phosphoric ester groups is 1. The van der Waals surface area contributed by atoms with Crippen molar-refractivity contribution in [2.24, 2.45) is 5.73 Å². The maximum Gasteiger partial charge on any atom is 0.472 e. The lowest BCUT2D eigenvalue weighted by Crippen LogP contribution is -2.29. The van der Waals surface area contributed by atoms with Gasteiger partial charge in [-0.15, -0.1) is 0 Å². The maximum atomic E-state index is 12.6. The van der Waals surface area contributed by atoms with Crippen molar-refractivity contribution in [3.8, 4) is 0 Å². The molecule has 0 heterocycles. The highest BCUT2D eigenvalue weighted by Crippen LogP contribution is 2.43. The van der Waals surface area contributed by atoms with Crippen LogP contribution in [0.4, 0.5) is 0 Å². The lowest BCUT2D eigenvalue weighted by Gasteiger charge is -2.20. The van der Waals surface area contributed by atoms with Crippen molar-refractivity contribution in [2.45, 2.75) is 213 Å². The number of carbonyl (C=O) groups excluding carboxylic acids is 2. The van der Waals surface area contributed by atoms with Gasteiger partial charge in [0.15, 0.2) is 6.10 Å². The van der Waals surface area contributed by atoms with E-state index in [0.717, 1.165) is 32.1 Å². The highest BCUT2D eigenvalue weighted by molar-refractivity contribution is 7.47. The molecule has 0 saturated carbocycles. The predicted octanol–water partition coefficient (Wildman–Crippen LogP) is 11.3. The molecule has 292 valence electrons. The smallest absolute Gasteiger partial charge is 0.462 e. The van der Waals surface area contributed by atoms with E-state index < -0.39 is 26.5 Å². The molecule has 0 radical (unpaired) electrons. The molecule has 3 N–H and O–H groups in total. The topological polar surface area (TPSA) is 134 Å². The molecule has 10 heteroatoms. The lowest BCUT2D eigenvalue weighted by atomic mass is 10.0. The fraction of sp³-hybridized carbons (Fsp3) is 0.949. The van der Waals surface area contributed by atoms with Crippen molar-refractivity contribution in [1.82, 2.24) is 0 Å². The number of rotatable bonds is 39. The van der Waals surface area contributed by atoms with Gasteiger partial charge in [0.25, 0.3) is 0 Å². The van der Waals surface area contributed by atoms with Gasteiger partial charge in [-0.05, 0) is 32.2 Å². The Morgan fingerprint density at radius 2 is 0.918 bits per heavy atom. The SMILES string of the molecule is CCCCCCCCCCCCCCCC(=O)OC[C@@H](COP(=O)(O)OCCCCN)OC(=O)CCCCCCCCCCCCCCC. The van der Waals surface area contributed by atoms with Crippen LogP contribution >= 0.6 is 7.82 Å². The number of hydrogen-bond acceptors (Lipinski definition) is 8. The maximum absolute atomic E-state index is 12.6. The first kappa shape index (κ1) is 48.0. The second-order valence-electron chi connectivity index (χ2n) is 13.9. The monoisotopic (exact) mass is 720 g/mol.